The summed E-state index contributed by atoms with van der Waals surface area (Å²) in [5.74, 6) is -0.329. The van der Waals surface area contributed by atoms with Crippen LogP contribution in [0.2, 0.25) is 0 Å². The maximum Gasteiger partial charge on any atom is 0.412 e. The zero-order chi connectivity index (χ0) is 30.0. The number of para-hydroxylation sites is 2. The second-order valence-electron chi connectivity index (χ2n) is 11.2. The highest BCUT2D eigenvalue weighted by molar-refractivity contribution is 6.06. The predicted molar refractivity (Wildman–Crippen MR) is 165 cm³/mol. The molecule has 4 N–H and O–H groups in total. The summed E-state index contributed by atoms with van der Waals surface area (Å²) >= 11 is 0. The maximum atomic E-state index is 13.1. The highest BCUT2D eigenvalue weighted by Crippen LogP contribution is 2.24. The molecule has 3 aromatic carbocycles. The van der Waals surface area contributed by atoms with Gasteiger partial charge in [-0.2, -0.15) is 0 Å². The number of carbonyl (C=O) groups is 3. The molecular weight excluding hydrogens is 518 g/mol. The number of nitrogens with zero attached hydrogens (tertiary/aromatic N) is 1. The summed E-state index contributed by atoms with van der Waals surface area (Å²) in [6.07, 6.45) is 1.00. The van der Waals surface area contributed by atoms with E-state index in [4.69, 9.17) is 4.74 Å². The number of hydrogen-bond donors (Lipinski definition) is 4. The summed E-state index contributed by atoms with van der Waals surface area (Å²) in [7, 11) is 4.03. The Hall–Kier alpha value is -4.37. The van der Waals surface area contributed by atoms with Crippen molar-refractivity contribution < 1.29 is 19.1 Å². The predicted octanol–water partition coefficient (Wildman–Crippen LogP) is 6.80. The van der Waals surface area contributed by atoms with Gasteiger partial charge in [-0.15, -0.1) is 0 Å². The first-order valence-electron chi connectivity index (χ1n) is 13.7. The van der Waals surface area contributed by atoms with E-state index in [2.05, 4.69) is 26.2 Å². The van der Waals surface area contributed by atoms with Crippen LogP contribution < -0.4 is 21.3 Å². The normalized spacial score (nSPS) is 11.9. The highest BCUT2D eigenvalue weighted by atomic mass is 16.6. The Bertz CT molecular complexity index is 1320. The molecule has 0 aliphatic heterocycles. The zero-order valence-corrected chi connectivity index (χ0v) is 24.7. The molecule has 0 bridgehead atoms. The first-order chi connectivity index (χ1) is 19.4. The van der Waals surface area contributed by atoms with Crippen LogP contribution in [0.25, 0.3) is 0 Å². The number of ether oxygens (including phenoxy) is 1. The largest absolute Gasteiger partial charge is 0.444 e. The summed E-state index contributed by atoms with van der Waals surface area (Å²) in [5.41, 5.74) is 3.39. The van der Waals surface area contributed by atoms with Gasteiger partial charge >= 0.3 is 12.1 Å². The molecule has 0 aromatic heterocycles. The number of carbonyl (C=O) groups excluding carboxylic acids is 3. The van der Waals surface area contributed by atoms with E-state index < -0.39 is 11.7 Å². The van der Waals surface area contributed by atoms with E-state index in [1.54, 1.807) is 57.2 Å². The Kier molecular flexibility index (Phi) is 10.9. The molecule has 0 heterocycles. The highest BCUT2D eigenvalue weighted by Gasteiger charge is 2.19. The van der Waals surface area contributed by atoms with Crippen LogP contribution in [-0.2, 0) is 4.74 Å². The third-order valence-electron chi connectivity index (χ3n) is 6.10. The lowest BCUT2D eigenvalue weighted by atomic mass is 10.00. The van der Waals surface area contributed by atoms with Gasteiger partial charge in [-0.05, 0) is 103 Å². The second-order valence-corrected chi connectivity index (χ2v) is 11.2. The fraction of sp³-hybridized carbons (Fsp3) is 0.344. The fourth-order valence-electron chi connectivity index (χ4n) is 4.07. The minimum absolute atomic E-state index is 0.240. The summed E-state index contributed by atoms with van der Waals surface area (Å²) < 4.78 is 5.33. The van der Waals surface area contributed by atoms with Crippen molar-refractivity contribution in [1.29, 1.82) is 0 Å². The Morgan fingerprint density at radius 1 is 0.829 bits per heavy atom. The lowest BCUT2D eigenvalue weighted by Gasteiger charge is -2.21. The Labute approximate surface area is 242 Å². The maximum absolute atomic E-state index is 13.1. The van der Waals surface area contributed by atoms with Crippen molar-refractivity contribution in [1.82, 2.24) is 10.2 Å². The van der Waals surface area contributed by atoms with Crippen LogP contribution in [0.15, 0.2) is 72.8 Å². The lowest BCUT2D eigenvalue weighted by Crippen LogP contribution is -2.33. The van der Waals surface area contributed by atoms with Crippen LogP contribution in [0.3, 0.4) is 0 Å². The third-order valence-corrected chi connectivity index (χ3v) is 6.10. The molecular formula is C32H41N5O4. The molecule has 0 aliphatic rings. The van der Waals surface area contributed by atoms with Crippen molar-refractivity contribution in [3.05, 3.63) is 89.5 Å². The first-order valence-corrected chi connectivity index (χ1v) is 13.7. The van der Waals surface area contributed by atoms with Crippen LogP contribution in [0.5, 0.6) is 0 Å². The van der Waals surface area contributed by atoms with Crippen molar-refractivity contribution in [3.63, 3.8) is 0 Å². The van der Waals surface area contributed by atoms with Gasteiger partial charge in [-0.1, -0.05) is 42.0 Å². The molecule has 0 saturated carbocycles. The third kappa shape index (κ3) is 10.6. The molecule has 0 aliphatic carbocycles. The molecule has 41 heavy (non-hydrogen) atoms. The number of amides is 4. The molecule has 0 spiro atoms. The van der Waals surface area contributed by atoms with E-state index in [1.807, 2.05) is 57.4 Å². The molecule has 3 aromatic rings. The topological polar surface area (TPSA) is 112 Å². The van der Waals surface area contributed by atoms with Crippen LogP contribution in [0, 0.1) is 6.92 Å². The van der Waals surface area contributed by atoms with Gasteiger partial charge in [0, 0.05) is 11.3 Å². The number of aryl methyl sites for hydroxylation is 1. The van der Waals surface area contributed by atoms with Crippen LogP contribution >= 0.6 is 0 Å². The number of hydrogen-bond acceptors (Lipinski definition) is 5. The summed E-state index contributed by atoms with van der Waals surface area (Å²) in [6.45, 7) is 8.22. The summed E-state index contributed by atoms with van der Waals surface area (Å²) in [5, 5.41) is 11.5. The Morgan fingerprint density at radius 3 is 2.02 bits per heavy atom. The summed E-state index contributed by atoms with van der Waals surface area (Å²) in [4.78, 5) is 40.2. The molecule has 0 radical (unpaired) electrons. The second kappa shape index (κ2) is 14.3. The first kappa shape index (κ1) is 31.2. The number of rotatable bonds is 10. The van der Waals surface area contributed by atoms with Gasteiger partial charge in [0.2, 0.25) is 0 Å². The van der Waals surface area contributed by atoms with E-state index in [0.29, 0.717) is 22.6 Å². The Morgan fingerprint density at radius 2 is 1.44 bits per heavy atom. The van der Waals surface area contributed by atoms with E-state index in [1.165, 1.54) is 0 Å². The van der Waals surface area contributed by atoms with Crippen molar-refractivity contribution in [2.45, 2.75) is 52.2 Å². The van der Waals surface area contributed by atoms with Gasteiger partial charge in [0.25, 0.3) is 5.91 Å². The van der Waals surface area contributed by atoms with Gasteiger partial charge in [-0.25, -0.2) is 9.59 Å². The van der Waals surface area contributed by atoms with E-state index in [9.17, 15) is 14.4 Å². The standard InChI is InChI=1S/C32H41N5O4/c1-22-13-19-25(20-14-22)33-30(39)35-26(12-9-21-37(5)6)23-15-17-24(18-16-23)29(38)34-27-10-7-8-11-28(27)36-31(40)41-32(2,3)4/h7-8,10-11,13-20,26H,9,12,21H2,1-6H3,(H,34,38)(H,36,40)(H2,33,35,39). The van der Waals surface area contributed by atoms with E-state index in [0.717, 1.165) is 30.5 Å². The molecule has 9 heteroatoms. The smallest absolute Gasteiger partial charge is 0.412 e. The minimum atomic E-state index is -0.648. The molecule has 1 unspecified atom stereocenters. The molecule has 9 nitrogen and oxygen atoms in total. The number of anilines is 3. The Balaban J connectivity index is 1.69. The molecule has 1 atom stereocenters. The van der Waals surface area contributed by atoms with Gasteiger partial charge in [-0.3, -0.25) is 10.1 Å². The van der Waals surface area contributed by atoms with Crippen molar-refractivity contribution in [3.8, 4) is 0 Å². The lowest BCUT2D eigenvalue weighted by molar-refractivity contribution is 0.0635. The van der Waals surface area contributed by atoms with E-state index >= 15 is 0 Å². The average molecular weight is 560 g/mol. The number of urea groups is 1. The average Bonchev–Trinajstić information content (AvgIpc) is 2.89. The van der Waals surface area contributed by atoms with Crippen LogP contribution in [0.1, 0.15) is 61.1 Å². The monoisotopic (exact) mass is 559 g/mol. The zero-order valence-electron chi connectivity index (χ0n) is 24.7. The molecule has 0 saturated heterocycles. The molecule has 4 amide bonds. The van der Waals surface area contributed by atoms with E-state index in [-0.39, 0.29) is 18.0 Å². The number of nitrogens with one attached hydrogen (secondary N) is 4. The number of benzene rings is 3. The van der Waals surface area contributed by atoms with Crippen LogP contribution in [0.4, 0.5) is 26.7 Å². The van der Waals surface area contributed by atoms with Crippen molar-refractivity contribution in [2.24, 2.45) is 0 Å². The summed E-state index contributed by atoms with van der Waals surface area (Å²) in [6, 6.07) is 21.2. The molecule has 218 valence electrons. The molecule has 3 rings (SSSR count). The molecule has 0 fully saturated rings. The van der Waals surface area contributed by atoms with Gasteiger partial charge in [0.05, 0.1) is 17.4 Å². The SMILES string of the molecule is Cc1ccc(NC(=O)NC(CCCN(C)C)c2ccc(C(=O)Nc3ccccc3NC(=O)OC(C)(C)C)cc2)cc1. The van der Waals surface area contributed by atoms with Crippen molar-refractivity contribution in [2.75, 3.05) is 36.6 Å². The quantitative estimate of drug-likeness (QED) is 0.218. The van der Waals surface area contributed by atoms with Crippen LogP contribution in [-0.4, -0.2) is 49.2 Å². The van der Waals surface area contributed by atoms with Gasteiger partial charge in [0.1, 0.15) is 5.60 Å². The fourth-order valence-corrected chi connectivity index (χ4v) is 4.07. The van der Waals surface area contributed by atoms with Gasteiger partial charge < -0.3 is 25.6 Å². The van der Waals surface area contributed by atoms with Gasteiger partial charge in [0.15, 0.2) is 0 Å². The minimum Gasteiger partial charge on any atom is -0.444 e. The van der Waals surface area contributed by atoms with Crippen molar-refractivity contribution >= 4 is 35.1 Å².